The third-order valence-corrected chi connectivity index (χ3v) is 4.06. The van der Waals surface area contributed by atoms with Gasteiger partial charge in [-0.25, -0.2) is 0 Å². The topological polar surface area (TPSA) is 24.5 Å². The molecule has 1 heterocycles. The third kappa shape index (κ3) is 3.44. The zero-order chi connectivity index (χ0) is 11.5. The molecule has 0 bridgehead atoms. The van der Waals surface area contributed by atoms with Crippen LogP contribution < -0.4 is 5.32 Å². The predicted molar refractivity (Wildman–Crippen MR) is 66.6 cm³/mol. The first-order valence-corrected chi connectivity index (χ1v) is 6.70. The molecule has 1 saturated heterocycles. The maximum Gasteiger partial charge on any atom is 0.0693 e. The Bertz CT molecular complexity index is 218. The maximum absolute atomic E-state index is 5.35. The standard InChI is InChI=1S/C13H26N2O/c1-10(11(2)16-3)14-13-6-7-15(9-13)8-12-4-5-12/h10-14H,4-9H2,1-3H3. The van der Waals surface area contributed by atoms with Crippen LogP contribution >= 0.6 is 0 Å². The average Bonchev–Trinajstić information content (AvgIpc) is 2.97. The van der Waals surface area contributed by atoms with E-state index in [4.69, 9.17) is 4.74 Å². The molecule has 94 valence electrons. The molecule has 0 radical (unpaired) electrons. The number of hydrogen-bond donors (Lipinski definition) is 1. The van der Waals surface area contributed by atoms with Crippen LogP contribution in [0.5, 0.6) is 0 Å². The van der Waals surface area contributed by atoms with Crippen LogP contribution in [0.25, 0.3) is 0 Å². The molecule has 1 aliphatic heterocycles. The molecule has 3 unspecified atom stereocenters. The van der Waals surface area contributed by atoms with E-state index in [0.717, 1.165) is 5.92 Å². The van der Waals surface area contributed by atoms with Crippen molar-refractivity contribution in [2.24, 2.45) is 5.92 Å². The van der Waals surface area contributed by atoms with Gasteiger partial charge in [-0.05, 0) is 45.6 Å². The van der Waals surface area contributed by atoms with Gasteiger partial charge in [-0.3, -0.25) is 0 Å². The van der Waals surface area contributed by atoms with Gasteiger partial charge < -0.3 is 15.0 Å². The Morgan fingerprint density at radius 3 is 2.69 bits per heavy atom. The SMILES string of the molecule is COC(C)C(C)NC1CCN(CC2CC2)C1. The van der Waals surface area contributed by atoms with E-state index in [1.54, 1.807) is 7.11 Å². The minimum Gasteiger partial charge on any atom is -0.380 e. The van der Waals surface area contributed by atoms with Crippen LogP contribution in [0.3, 0.4) is 0 Å². The van der Waals surface area contributed by atoms with Crippen LogP contribution in [0.4, 0.5) is 0 Å². The van der Waals surface area contributed by atoms with Crippen molar-refractivity contribution >= 4 is 0 Å². The third-order valence-electron chi connectivity index (χ3n) is 4.06. The summed E-state index contributed by atoms with van der Waals surface area (Å²) in [6.45, 7) is 8.21. The number of nitrogens with zero attached hydrogens (tertiary/aromatic N) is 1. The summed E-state index contributed by atoms with van der Waals surface area (Å²) in [5.41, 5.74) is 0. The second-order valence-electron chi connectivity index (χ2n) is 5.58. The summed E-state index contributed by atoms with van der Waals surface area (Å²) in [6, 6.07) is 1.13. The number of nitrogens with one attached hydrogen (secondary N) is 1. The van der Waals surface area contributed by atoms with Gasteiger partial charge in [0.1, 0.15) is 0 Å². The van der Waals surface area contributed by atoms with Gasteiger partial charge in [-0.2, -0.15) is 0 Å². The number of hydrogen-bond acceptors (Lipinski definition) is 3. The molecule has 3 atom stereocenters. The average molecular weight is 226 g/mol. The van der Waals surface area contributed by atoms with E-state index < -0.39 is 0 Å². The zero-order valence-electron chi connectivity index (χ0n) is 10.9. The van der Waals surface area contributed by atoms with Gasteiger partial charge in [0.15, 0.2) is 0 Å². The van der Waals surface area contributed by atoms with Gasteiger partial charge in [-0.15, -0.1) is 0 Å². The molecule has 1 saturated carbocycles. The van der Waals surface area contributed by atoms with Crippen molar-refractivity contribution in [3.63, 3.8) is 0 Å². The molecule has 0 aromatic heterocycles. The molecular weight excluding hydrogens is 200 g/mol. The molecule has 0 aromatic rings. The summed E-state index contributed by atoms with van der Waals surface area (Å²) in [6.07, 6.45) is 4.53. The molecule has 2 fully saturated rings. The summed E-state index contributed by atoms with van der Waals surface area (Å²) in [4.78, 5) is 2.62. The smallest absolute Gasteiger partial charge is 0.0693 e. The Labute approximate surface area is 99.5 Å². The highest BCUT2D eigenvalue weighted by Crippen LogP contribution is 2.30. The Hall–Kier alpha value is -0.120. The van der Waals surface area contributed by atoms with Crippen molar-refractivity contribution < 1.29 is 4.74 Å². The number of likely N-dealkylation sites (tertiary alicyclic amines) is 1. The molecule has 1 N–H and O–H groups in total. The van der Waals surface area contributed by atoms with Crippen LogP contribution in [0.15, 0.2) is 0 Å². The highest BCUT2D eigenvalue weighted by Gasteiger charge is 2.29. The molecule has 0 spiro atoms. The minimum atomic E-state index is 0.303. The van der Waals surface area contributed by atoms with Gasteiger partial charge >= 0.3 is 0 Å². The first-order chi connectivity index (χ1) is 7.69. The molecule has 0 amide bonds. The van der Waals surface area contributed by atoms with Crippen molar-refractivity contribution in [1.82, 2.24) is 10.2 Å². The zero-order valence-corrected chi connectivity index (χ0v) is 10.9. The number of methoxy groups -OCH3 is 1. The van der Waals surface area contributed by atoms with E-state index >= 15 is 0 Å². The maximum atomic E-state index is 5.35. The monoisotopic (exact) mass is 226 g/mol. The normalized spacial score (nSPS) is 30.6. The molecule has 3 heteroatoms. The van der Waals surface area contributed by atoms with E-state index in [1.165, 1.54) is 38.9 Å². The molecular formula is C13H26N2O. The highest BCUT2D eigenvalue weighted by atomic mass is 16.5. The molecule has 2 rings (SSSR count). The van der Waals surface area contributed by atoms with Crippen LogP contribution in [-0.2, 0) is 4.74 Å². The quantitative estimate of drug-likeness (QED) is 0.742. The van der Waals surface area contributed by atoms with E-state index in [2.05, 4.69) is 24.1 Å². The van der Waals surface area contributed by atoms with Gasteiger partial charge in [0.05, 0.1) is 6.10 Å². The lowest BCUT2D eigenvalue weighted by Crippen LogP contribution is -2.44. The van der Waals surface area contributed by atoms with Gasteiger partial charge in [0.2, 0.25) is 0 Å². The number of ether oxygens (including phenoxy) is 1. The van der Waals surface area contributed by atoms with Crippen LogP contribution in [0.2, 0.25) is 0 Å². The van der Waals surface area contributed by atoms with E-state index in [0.29, 0.717) is 18.2 Å². The van der Waals surface area contributed by atoms with E-state index in [9.17, 15) is 0 Å². The first kappa shape index (κ1) is 12.3. The molecule has 3 nitrogen and oxygen atoms in total. The molecule has 0 aromatic carbocycles. The Morgan fingerprint density at radius 1 is 1.31 bits per heavy atom. The largest absolute Gasteiger partial charge is 0.380 e. The molecule has 2 aliphatic rings. The van der Waals surface area contributed by atoms with E-state index in [1.807, 2.05) is 0 Å². The molecule has 1 aliphatic carbocycles. The van der Waals surface area contributed by atoms with Crippen molar-refractivity contribution in [1.29, 1.82) is 0 Å². The Kier molecular flexibility index (Phi) is 4.22. The van der Waals surface area contributed by atoms with Crippen molar-refractivity contribution in [3.05, 3.63) is 0 Å². The van der Waals surface area contributed by atoms with Crippen LogP contribution in [0.1, 0.15) is 33.1 Å². The summed E-state index contributed by atoms with van der Waals surface area (Å²) >= 11 is 0. The second-order valence-corrected chi connectivity index (χ2v) is 5.58. The predicted octanol–water partition coefficient (Wildman–Crippen LogP) is 1.48. The summed E-state index contributed by atoms with van der Waals surface area (Å²) in [5.74, 6) is 1.02. The Morgan fingerprint density at radius 2 is 2.06 bits per heavy atom. The summed E-state index contributed by atoms with van der Waals surface area (Å²) < 4.78 is 5.35. The van der Waals surface area contributed by atoms with Gasteiger partial charge in [0, 0.05) is 32.3 Å². The summed E-state index contributed by atoms with van der Waals surface area (Å²) in [5, 5.41) is 3.69. The minimum absolute atomic E-state index is 0.303. The fourth-order valence-electron chi connectivity index (χ4n) is 2.51. The van der Waals surface area contributed by atoms with Crippen molar-refractivity contribution in [3.8, 4) is 0 Å². The van der Waals surface area contributed by atoms with Crippen molar-refractivity contribution in [2.45, 2.75) is 51.3 Å². The summed E-state index contributed by atoms with van der Waals surface area (Å²) in [7, 11) is 1.79. The lowest BCUT2D eigenvalue weighted by atomic mass is 10.1. The van der Waals surface area contributed by atoms with Gasteiger partial charge in [-0.1, -0.05) is 0 Å². The lowest BCUT2D eigenvalue weighted by molar-refractivity contribution is 0.0846. The van der Waals surface area contributed by atoms with Crippen molar-refractivity contribution in [2.75, 3.05) is 26.7 Å². The fourth-order valence-corrected chi connectivity index (χ4v) is 2.51. The highest BCUT2D eigenvalue weighted by molar-refractivity contribution is 4.87. The lowest BCUT2D eigenvalue weighted by Gasteiger charge is -2.24. The fraction of sp³-hybridized carbons (Fsp3) is 1.00. The molecule has 16 heavy (non-hydrogen) atoms. The van der Waals surface area contributed by atoms with Crippen LogP contribution in [0, 0.1) is 5.92 Å². The first-order valence-electron chi connectivity index (χ1n) is 6.70. The number of rotatable bonds is 6. The Balaban J connectivity index is 1.67. The van der Waals surface area contributed by atoms with E-state index in [-0.39, 0.29) is 0 Å². The van der Waals surface area contributed by atoms with Gasteiger partial charge in [0.25, 0.3) is 0 Å². The second kappa shape index (κ2) is 5.48. The van der Waals surface area contributed by atoms with Crippen LogP contribution in [-0.4, -0.2) is 49.8 Å².